The number of ketones is 2. The molecule has 0 saturated heterocycles. The Morgan fingerprint density at radius 3 is 2.15 bits per heavy atom. The summed E-state index contributed by atoms with van der Waals surface area (Å²) in [4.78, 5) is 40.2. The van der Waals surface area contributed by atoms with Gasteiger partial charge in [-0.25, -0.2) is 0 Å². The number of carbonyl (C=O) groups is 3. The number of dihydropyridines is 1. The van der Waals surface area contributed by atoms with Crippen LogP contribution in [0.5, 0.6) is 5.75 Å². The third kappa shape index (κ3) is 5.77. The number of anilines is 1. The minimum atomic E-state index is -0.565. The minimum Gasteiger partial charge on any atom is -0.483 e. The molecule has 0 spiro atoms. The lowest BCUT2D eigenvalue weighted by atomic mass is 9.64. The Morgan fingerprint density at radius 2 is 1.57 bits per heavy atom. The highest BCUT2D eigenvalue weighted by Crippen LogP contribution is 2.52. The molecule has 0 saturated carbocycles. The zero-order valence-electron chi connectivity index (χ0n) is 23.5. The van der Waals surface area contributed by atoms with Crippen LogP contribution in [0.15, 0.2) is 63.4 Å². The Morgan fingerprint density at radius 1 is 0.975 bits per heavy atom. The fourth-order valence-electron chi connectivity index (χ4n) is 6.09. The summed E-state index contributed by atoms with van der Waals surface area (Å²) in [5.41, 5.74) is 4.85. The van der Waals surface area contributed by atoms with Gasteiger partial charge in [0, 0.05) is 62.0 Å². The number of ether oxygens (including phenoxy) is 1. The van der Waals surface area contributed by atoms with Gasteiger partial charge in [-0.1, -0.05) is 61.3 Å². The summed E-state index contributed by atoms with van der Waals surface area (Å²) in [5, 5.41) is 6.92. The summed E-state index contributed by atoms with van der Waals surface area (Å²) < 4.78 is 6.89. The highest BCUT2D eigenvalue weighted by Gasteiger charge is 2.47. The number of aryl methyl sites for hydroxylation is 1. The first-order chi connectivity index (χ1) is 18.7. The third-order valence-corrected chi connectivity index (χ3v) is 8.72. The van der Waals surface area contributed by atoms with Crippen LogP contribution in [0.2, 0.25) is 5.02 Å². The fraction of sp³-hybridized carbons (Fsp3) is 0.406. The third-order valence-electron chi connectivity index (χ3n) is 7.82. The van der Waals surface area contributed by atoms with Crippen molar-refractivity contribution in [3.05, 3.63) is 79.6 Å². The molecule has 2 aromatic carbocycles. The van der Waals surface area contributed by atoms with Gasteiger partial charge in [-0.3, -0.25) is 14.4 Å². The van der Waals surface area contributed by atoms with Gasteiger partial charge in [0.2, 0.25) is 0 Å². The maximum absolute atomic E-state index is 13.7. The summed E-state index contributed by atoms with van der Waals surface area (Å²) in [6.45, 7) is 10.0. The van der Waals surface area contributed by atoms with E-state index in [2.05, 4.69) is 54.3 Å². The van der Waals surface area contributed by atoms with E-state index in [0.29, 0.717) is 58.9 Å². The van der Waals surface area contributed by atoms with Crippen LogP contribution in [0.25, 0.3) is 0 Å². The van der Waals surface area contributed by atoms with E-state index in [0.717, 1.165) is 21.4 Å². The van der Waals surface area contributed by atoms with Crippen LogP contribution in [0.4, 0.5) is 5.69 Å². The summed E-state index contributed by atoms with van der Waals surface area (Å²) in [5.74, 6) is -0.378. The Kier molecular flexibility index (Phi) is 7.51. The van der Waals surface area contributed by atoms with Crippen molar-refractivity contribution in [1.82, 2.24) is 5.32 Å². The number of amides is 1. The highest BCUT2D eigenvalue weighted by molar-refractivity contribution is 9.10. The molecule has 0 unspecified atom stereocenters. The lowest BCUT2D eigenvalue weighted by Crippen LogP contribution is -2.42. The Labute approximate surface area is 248 Å². The molecular formula is C32H34BrClN2O4. The van der Waals surface area contributed by atoms with Crippen molar-refractivity contribution >= 4 is 50.7 Å². The lowest BCUT2D eigenvalue weighted by molar-refractivity contribution is -0.120. The van der Waals surface area contributed by atoms with E-state index in [4.69, 9.17) is 16.3 Å². The summed E-state index contributed by atoms with van der Waals surface area (Å²) in [7, 11) is 0. The van der Waals surface area contributed by atoms with E-state index in [-0.39, 0.29) is 34.9 Å². The average molecular weight is 626 g/mol. The normalized spacial score (nSPS) is 20.1. The van der Waals surface area contributed by atoms with E-state index < -0.39 is 5.92 Å². The minimum absolute atomic E-state index is 0.0350. The zero-order chi connectivity index (χ0) is 29.0. The summed E-state index contributed by atoms with van der Waals surface area (Å²) in [6.07, 6.45) is 2.22. The first kappa shape index (κ1) is 28.6. The molecule has 2 aromatic rings. The molecule has 3 aliphatic rings. The Hall–Kier alpha value is -2.90. The van der Waals surface area contributed by atoms with Crippen molar-refractivity contribution < 1.29 is 19.1 Å². The molecule has 8 heteroatoms. The van der Waals surface area contributed by atoms with E-state index in [1.807, 2.05) is 25.1 Å². The largest absolute Gasteiger partial charge is 0.483 e. The second kappa shape index (κ2) is 10.5. The second-order valence-corrected chi connectivity index (χ2v) is 14.0. The number of Topliss-reactive ketones (excluding diaryl/α,β-unsaturated/α-hetero) is 2. The number of halogens is 2. The molecule has 0 atom stereocenters. The fourth-order valence-corrected chi connectivity index (χ4v) is 6.65. The van der Waals surface area contributed by atoms with Crippen LogP contribution in [0, 0.1) is 17.8 Å². The SMILES string of the molecule is Cc1ccc(NC(=O)COc2ccc(Br)cc2C2C3=C(CC(C)(C)CC3=O)NC3=C2C(=O)CC(C)(C)C3)cc1Cl. The van der Waals surface area contributed by atoms with E-state index >= 15 is 0 Å². The zero-order valence-corrected chi connectivity index (χ0v) is 25.8. The number of hydrogen-bond acceptors (Lipinski definition) is 5. The molecule has 0 bridgehead atoms. The predicted octanol–water partition coefficient (Wildman–Crippen LogP) is 7.40. The van der Waals surface area contributed by atoms with Crippen LogP contribution in [0.3, 0.4) is 0 Å². The van der Waals surface area contributed by atoms with E-state index in [1.54, 1.807) is 18.2 Å². The highest BCUT2D eigenvalue weighted by atomic mass is 79.9. The van der Waals surface area contributed by atoms with E-state index in [9.17, 15) is 14.4 Å². The number of allylic oxidation sites excluding steroid dienone is 4. The topological polar surface area (TPSA) is 84.5 Å². The summed E-state index contributed by atoms with van der Waals surface area (Å²) >= 11 is 9.78. The number of carbonyl (C=O) groups excluding carboxylic acids is 3. The number of hydrogen-bond donors (Lipinski definition) is 2. The van der Waals surface area contributed by atoms with Gasteiger partial charge in [0.15, 0.2) is 18.2 Å². The van der Waals surface area contributed by atoms with Crippen molar-refractivity contribution in [2.75, 3.05) is 11.9 Å². The molecule has 6 nitrogen and oxygen atoms in total. The maximum Gasteiger partial charge on any atom is 0.262 e. The van der Waals surface area contributed by atoms with Crippen molar-refractivity contribution in [2.24, 2.45) is 10.8 Å². The van der Waals surface area contributed by atoms with Crippen LogP contribution in [-0.4, -0.2) is 24.1 Å². The molecule has 1 aliphatic heterocycles. The molecule has 2 N–H and O–H groups in total. The first-order valence-corrected chi connectivity index (χ1v) is 14.7. The molecule has 40 heavy (non-hydrogen) atoms. The Balaban J connectivity index is 1.52. The monoisotopic (exact) mass is 624 g/mol. The molecule has 210 valence electrons. The molecular weight excluding hydrogens is 592 g/mol. The first-order valence-electron chi connectivity index (χ1n) is 13.5. The smallest absolute Gasteiger partial charge is 0.262 e. The van der Waals surface area contributed by atoms with Gasteiger partial charge in [-0.05, 0) is 66.5 Å². The van der Waals surface area contributed by atoms with Gasteiger partial charge in [-0.15, -0.1) is 0 Å². The molecule has 0 radical (unpaired) electrons. The standard InChI is InChI=1S/C32H34BrClN2O4/c1-17-6-8-19(11-21(17)34)35-27(39)16-40-26-9-7-18(33)10-20(26)28-29-22(12-31(2,3)14-24(29)37)36-23-13-32(4,5)15-25(38)30(23)28/h6-11,28,36H,12-16H2,1-5H3,(H,35,39). The van der Waals surface area contributed by atoms with E-state index in [1.165, 1.54) is 0 Å². The second-order valence-electron chi connectivity index (χ2n) is 12.7. The molecule has 1 heterocycles. The van der Waals surface area contributed by atoms with Crippen molar-refractivity contribution in [1.29, 1.82) is 0 Å². The van der Waals surface area contributed by atoms with Gasteiger partial charge in [-0.2, -0.15) is 0 Å². The average Bonchev–Trinajstić information content (AvgIpc) is 2.82. The number of nitrogens with one attached hydrogen (secondary N) is 2. The number of benzene rings is 2. The maximum atomic E-state index is 13.7. The lowest BCUT2D eigenvalue weighted by Gasteiger charge is -2.44. The van der Waals surface area contributed by atoms with Crippen molar-refractivity contribution in [3.63, 3.8) is 0 Å². The van der Waals surface area contributed by atoms with Gasteiger partial charge < -0.3 is 15.4 Å². The van der Waals surface area contributed by atoms with Crippen LogP contribution < -0.4 is 15.4 Å². The summed E-state index contributed by atoms with van der Waals surface area (Å²) in [6, 6.07) is 10.8. The van der Waals surface area contributed by atoms with Gasteiger partial charge in [0.05, 0.1) is 0 Å². The van der Waals surface area contributed by atoms with Crippen LogP contribution in [0.1, 0.15) is 70.4 Å². The van der Waals surface area contributed by atoms with Gasteiger partial charge in [0.25, 0.3) is 5.91 Å². The molecule has 0 fully saturated rings. The van der Waals surface area contributed by atoms with Crippen molar-refractivity contribution in [3.8, 4) is 5.75 Å². The quantitative estimate of drug-likeness (QED) is 0.362. The van der Waals surface area contributed by atoms with Crippen LogP contribution in [-0.2, 0) is 14.4 Å². The van der Waals surface area contributed by atoms with Crippen LogP contribution >= 0.6 is 27.5 Å². The van der Waals surface area contributed by atoms with Gasteiger partial charge in [0.1, 0.15) is 5.75 Å². The van der Waals surface area contributed by atoms with Gasteiger partial charge >= 0.3 is 0 Å². The molecule has 0 aromatic heterocycles. The predicted molar refractivity (Wildman–Crippen MR) is 160 cm³/mol. The molecule has 5 rings (SSSR count). The number of rotatable bonds is 5. The molecule has 2 aliphatic carbocycles. The Bertz CT molecular complexity index is 1450. The van der Waals surface area contributed by atoms with Crippen molar-refractivity contribution in [2.45, 2.75) is 66.2 Å². The molecule has 1 amide bonds.